The van der Waals surface area contributed by atoms with Crippen molar-refractivity contribution in [3.8, 4) is 17.2 Å². The molecule has 2 aromatic carbocycles. The van der Waals surface area contributed by atoms with Gasteiger partial charge in [0, 0.05) is 6.07 Å². The Kier molecular flexibility index (Phi) is 5.75. The monoisotopic (exact) mass is 330 g/mol. The Morgan fingerprint density at radius 2 is 1.79 bits per heavy atom. The van der Waals surface area contributed by atoms with Crippen molar-refractivity contribution in [2.75, 3.05) is 6.61 Å². The number of hydrogen-bond donors (Lipinski definition) is 3. The molecule has 126 valence electrons. The molecule has 0 unspecified atom stereocenters. The van der Waals surface area contributed by atoms with Crippen molar-refractivity contribution in [3.05, 3.63) is 53.6 Å². The Morgan fingerprint density at radius 1 is 1.12 bits per heavy atom. The van der Waals surface area contributed by atoms with E-state index in [1.54, 1.807) is 12.1 Å². The van der Waals surface area contributed by atoms with Gasteiger partial charge in [0.2, 0.25) is 5.91 Å². The van der Waals surface area contributed by atoms with E-state index in [1.165, 1.54) is 18.2 Å². The molecule has 7 nitrogen and oxygen atoms in total. The molecule has 0 heterocycles. The normalized spacial score (nSPS) is 10.1. The molecule has 7 heteroatoms. The summed E-state index contributed by atoms with van der Waals surface area (Å²) in [7, 11) is 0. The first-order valence-corrected chi connectivity index (χ1v) is 7.23. The van der Waals surface area contributed by atoms with E-state index in [2.05, 4.69) is 0 Å². The predicted molar refractivity (Wildman–Crippen MR) is 86.7 cm³/mol. The number of benzene rings is 2. The van der Waals surface area contributed by atoms with Gasteiger partial charge in [-0.15, -0.1) is 0 Å². The molecule has 4 N–H and O–H groups in total. The highest BCUT2D eigenvalue weighted by molar-refractivity contribution is 5.94. The van der Waals surface area contributed by atoms with Crippen molar-refractivity contribution in [2.24, 2.45) is 5.84 Å². The first-order chi connectivity index (χ1) is 11.5. The van der Waals surface area contributed by atoms with Gasteiger partial charge in [-0.05, 0) is 31.2 Å². The second-order valence-corrected chi connectivity index (χ2v) is 5.05. The van der Waals surface area contributed by atoms with Crippen LogP contribution in [0, 0.1) is 6.92 Å². The zero-order valence-corrected chi connectivity index (χ0v) is 13.1. The molecular weight excluding hydrogens is 312 g/mol. The van der Waals surface area contributed by atoms with E-state index >= 15 is 0 Å². The minimum absolute atomic E-state index is 0.0163. The van der Waals surface area contributed by atoms with Gasteiger partial charge >= 0.3 is 5.97 Å². The molecule has 1 amide bonds. The van der Waals surface area contributed by atoms with Crippen LogP contribution in [0.15, 0.2) is 42.5 Å². The zero-order valence-electron chi connectivity index (χ0n) is 13.1. The lowest BCUT2D eigenvalue weighted by molar-refractivity contribution is -0.121. The van der Waals surface area contributed by atoms with E-state index < -0.39 is 5.97 Å². The largest absolute Gasteiger partial charge is 0.507 e. The van der Waals surface area contributed by atoms with Crippen LogP contribution in [0.25, 0.3) is 0 Å². The number of hydrogen-bond acceptors (Lipinski definition) is 6. The SMILES string of the molecule is Cc1ccc(OC(=O)c2ccc(OCCC(=O)NN)cc2O)cc1. The van der Waals surface area contributed by atoms with Crippen LogP contribution in [0.1, 0.15) is 22.3 Å². The van der Waals surface area contributed by atoms with Gasteiger partial charge in [-0.2, -0.15) is 0 Å². The third kappa shape index (κ3) is 4.72. The minimum Gasteiger partial charge on any atom is -0.507 e. The molecule has 0 aromatic heterocycles. The molecule has 0 saturated carbocycles. The lowest BCUT2D eigenvalue weighted by Crippen LogP contribution is -2.31. The number of phenolic OH excluding ortho intramolecular Hbond substituents is 1. The third-order valence-corrected chi connectivity index (χ3v) is 3.18. The number of aryl methyl sites for hydroxylation is 1. The van der Waals surface area contributed by atoms with Crippen molar-refractivity contribution in [1.29, 1.82) is 0 Å². The average molecular weight is 330 g/mol. The zero-order chi connectivity index (χ0) is 17.5. The number of ether oxygens (including phenoxy) is 2. The maximum absolute atomic E-state index is 12.1. The second-order valence-electron chi connectivity index (χ2n) is 5.05. The molecule has 0 radical (unpaired) electrons. The van der Waals surface area contributed by atoms with Crippen LogP contribution in [0.5, 0.6) is 17.2 Å². The highest BCUT2D eigenvalue weighted by Crippen LogP contribution is 2.25. The van der Waals surface area contributed by atoms with Crippen molar-refractivity contribution in [3.63, 3.8) is 0 Å². The summed E-state index contributed by atoms with van der Waals surface area (Å²) in [6.07, 6.45) is 0.0779. The molecule has 0 fully saturated rings. The Labute approximate surface area is 139 Å². The average Bonchev–Trinajstić information content (AvgIpc) is 2.56. The van der Waals surface area contributed by atoms with E-state index in [9.17, 15) is 14.7 Å². The summed E-state index contributed by atoms with van der Waals surface area (Å²) in [5, 5.41) is 9.96. The van der Waals surface area contributed by atoms with Gasteiger partial charge in [-0.1, -0.05) is 17.7 Å². The fourth-order valence-electron chi connectivity index (χ4n) is 1.88. The van der Waals surface area contributed by atoms with Crippen molar-refractivity contribution in [2.45, 2.75) is 13.3 Å². The summed E-state index contributed by atoms with van der Waals surface area (Å²) in [5.41, 5.74) is 3.04. The number of carbonyl (C=O) groups is 2. The molecule has 24 heavy (non-hydrogen) atoms. The molecule has 0 bridgehead atoms. The fraction of sp³-hybridized carbons (Fsp3) is 0.176. The Bertz CT molecular complexity index is 728. The lowest BCUT2D eigenvalue weighted by Gasteiger charge is -2.09. The van der Waals surface area contributed by atoms with Crippen LogP contribution in [0.3, 0.4) is 0 Å². The van der Waals surface area contributed by atoms with Crippen LogP contribution in [-0.2, 0) is 4.79 Å². The summed E-state index contributed by atoms with van der Waals surface area (Å²) in [6.45, 7) is 2.02. The van der Waals surface area contributed by atoms with Crippen LogP contribution in [0.2, 0.25) is 0 Å². The molecule has 0 aliphatic rings. The molecule has 2 aromatic rings. The summed E-state index contributed by atoms with van der Waals surface area (Å²) in [5.74, 6) is 4.35. The molecule has 0 atom stereocenters. The molecule has 2 rings (SSSR count). The number of hydrazine groups is 1. The standard InChI is InChI=1S/C17H18N2O5/c1-11-2-4-12(5-3-11)24-17(22)14-7-6-13(10-15(14)20)23-9-8-16(21)19-18/h2-7,10,20H,8-9,18H2,1H3,(H,19,21). The number of esters is 1. The third-order valence-electron chi connectivity index (χ3n) is 3.18. The van der Waals surface area contributed by atoms with Crippen LogP contribution >= 0.6 is 0 Å². The van der Waals surface area contributed by atoms with Crippen LogP contribution in [-0.4, -0.2) is 23.6 Å². The molecular formula is C17H18N2O5. The Hall–Kier alpha value is -3.06. The first-order valence-electron chi connectivity index (χ1n) is 7.23. The molecule has 0 spiro atoms. The first kappa shape index (κ1) is 17.3. The van der Waals surface area contributed by atoms with Crippen molar-refractivity contribution < 1.29 is 24.2 Å². The fourth-order valence-corrected chi connectivity index (χ4v) is 1.88. The predicted octanol–water partition coefficient (Wildman–Crippen LogP) is 1.68. The minimum atomic E-state index is -0.676. The topological polar surface area (TPSA) is 111 Å². The Balaban J connectivity index is 1.99. The van der Waals surface area contributed by atoms with E-state index in [1.807, 2.05) is 24.5 Å². The van der Waals surface area contributed by atoms with E-state index in [0.29, 0.717) is 11.5 Å². The number of carbonyl (C=O) groups excluding carboxylic acids is 2. The lowest BCUT2D eigenvalue weighted by atomic mass is 10.2. The highest BCUT2D eigenvalue weighted by atomic mass is 16.5. The number of nitrogens with two attached hydrogens (primary N) is 1. The van der Waals surface area contributed by atoms with Crippen molar-refractivity contribution >= 4 is 11.9 Å². The van der Waals surface area contributed by atoms with Gasteiger partial charge in [0.1, 0.15) is 22.8 Å². The van der Waals surface area contributed by atoms with Gasteiger partial charge in [0.05, 0.1) is 13.0 Å². The van der Waals surface area contributed by atoms with E-state index in [0.717, 1.165) is 5.56 Å². The maximum Gasteiger partial charge on any atom is 0.347 e. The quantitative estimate of drug-likeness (QED) is 0.244. The maximum atomic E-state index is 12.1. The molecule has 0 aliphatic carbocycles. The summed E-state index contributed by atoms with van der Waals surface area (Å²) in [6, 6.07) is 11.2. The summed E-state index contributed by atoms with van der Waals surface area (Å²) < 4.78 is 10.5. The van der Waals surface area contributed by atoms with E-state index in [-0.39, 0.29) is 30.2 Å². The van der Waals surface area contributed by atoms with Crippen LogP contribution in [0.4, 0.5) is 0 Å². The van der Waals surface area contributed by atoms with Crippen molar-refractivity contribution in [1.82, 2.24) is 5.43 Å². The number of amides is 1. The second kappa shape index (κ2) is 7.98. The Morgan fingerprint density at radius 3 is 2.42 bits per heavy atom. The number of nitrogens with one attached hydrogen (secondary N) is 1. The molecule has 0 saturated heterocycles. The number of aromatic hydroxyl groups is 1. The molecule has 0 aliphatic heterocycles. The van der Waals surface area contributed by atoms with Gasteiger partial charge in [0.15, 0.2) is 0 Å². The number of phenols is 1. The summed E-state index contributed by atoms with van der Waals surface area (Å²) >= 11 is 0. The van der Waals surface area contributed by atoms with E-state index in [4.69, 9.17) is 15.3 Å². The van der Waals surface area contributed by atoms with Crippen LogP contribution < -0.4 is 20.7 Å². The van der Waals surface area contributed by atoms with Gasteiger partial charge in [-0.25, -0.2) is 10.6 Å². The van der Waals surface area contributed by atoms with Gasteiger partial charge in [0.25, 0.3) is 0 Å². The van der Waals surface area contributed by atoms with Gasteiger partial charge < -0.3 is 14.6 Å². The summed E-state index contributed by atoms with van der Waals surface area (Å²) in [4.78, 5) is 23.1. The number of rotatable bonds is 6. The smallest absolute Gasteiger partial charge is 0.347 e. The van der Waals surface area contributed by atoms with Gasteiger partial charge in [-0.3, -0.25) is 10.2 Å². The highest BCUT2D eigenvalue weighted by Gasteiger charge is 2.14.